The number of ether oxygens (including phenoxy) is 2. The number of hydrogen-bond acceptors (Lipinski definition) is 8. The summed E-state index contributed by atoms with van der Waals surface area (Å²) >= 11 is 0. The monoisotopic (exact) mass is 388 g/mol. The molecular formula is C20H32N6O2. The molecule has 1 aliphatic heterocycles. The van der Waals surface area contributed by atoms with E-state index in [0.29, 0.717) is 23.5 Å². The molecule has 1 aromatic heterocycles. The van der Waals surface area contributed by atoms with Crippen molar-refractivity contribution < 1.29 is 9.47 Å². The fourth-order valence-electron chi connectivity index (χ4n) is 3.40. The van der Waals surface area contributed by atoms with Gasteiger partial charge in [0.25, 0.3) is 0 Å². The highest BCUT2D eigenvalue weighted by molar-refractivity contribution is 5.92. The van der Waals surface area contributed by atoms with Crippen molar-refractivity contribution in [3.8, 4) is 11.5 Å². The molecule has 0 radical (unpaired) electrons. The molecule has 0 bridgehead atoms. The molecule has 154 valence electrons. The van der Waals surface area contributed by atoms with Crippen LogP contribution >= 0.6 is 0 Å². The predicted octanol–water partition coefficient (Wildman–Crippen LogP) is 2.17. The van der Waals surface area contributed by atoms with Gasteiger partial charge in [-0.1, -0.05) is 0 Å². The molecule has 3 N–H and O–H groups in total. The summed E-state index contributed by atoms with van der Waals surface area (Å²) in [6, 6.07) is 4.26. The molecule has 2 aromatic rings. The largest absolute Gasteiger partial charge is 0.493 e. The normalized spacial score (nSPS) is 15.0. The Kier molecular flexibility index (Phi) is 7.11. The van der Waals surface area contributed by atoms with Crippen LogP contribution in [0.15, 0.2) is 12.1 Å². The zero-order valence-corrected chi connectivity index (χ0v) is 17.3. The first-order valence-electron chi connectivity index (χ1n) is 9.90. The van der Waals surface area contributed by atoms with Gasteiger partial charge in [-0.2, -0.15) is 4.98 Å². The average Bonchev–Trinajstić information content (AvgIpc) is 2.71. The van der Waals surface area contributed by atoms with Crippen LogP contribution in [-0.4, -0.2) is 75.4 Å². The van der Waals surface area contributed by atoms with Gasteiger partial charge in [0.1, 0.15) is 5.82 Å². The predicted molar refractivity (Wildman–Crippen MR) is 114 cm³/mol. The summed E-state index contributed by atoms with van der Waals surface area (Å²) in [5.41, 5.74) is 0.833. The Bertz CT molecular complexity index is 777. The average molecular weight is 389 g/mol. The number of nitrogens with zero attached hydrogens (tertiary/aromatic N) is 3. The molecule has 0 atom stereocenters. The SMILES string of the molecule is COc1cc2nc(NCCCN(C)C)nc(NC3CCNCC3)c2cc1OC. The maximum absolute atomic E-state index is 5.48. The molecule has 0 amide bonds. The first kappa shape index (κ1) is 20.4. The van der Waals surface area contributed by atoms with E-state index in [1.807, 2.05) is 12.1 Å². The Labute approximate surface area is 167 Å². The van der Waals surface area contributed by atoms with Crippen LogP contribution in [-0.2, 0) is 0 Å². The highest BCUT2D eigenvalue weighted by atomic mass is 16.5. The summed E-state index contributed by atoms with van der Waals surface area (Å²) in [7, 11) is 7.44. The van der Waals surface area contributed by atoms with Crippen molar-refractivity contribution in [1.82, 2.24) is 20.2 Å². The van der Waals surface area contributed by atoms with Crippen LogP contribution < -0.4 is 25.4 Å². The van der Waals surface area contributed by atoms with Crippen molar-refractivity contribution in [2.75, 3.05) is 65.1 Å². The number of fused-ring (bicyclic) bond motifs is 1. The highest BCUT2D eigenvalue weighted by Crippen LogP contribution is 2.35. The van der Waals surface area contributed by atoms with Crippen LogP contribution in [0, 0.1) is 0 Å². The molecule has 0 aliphatic carbocycles. The van der Waals surface area contributed by atoms with Crippen molar-refractivity contribution in [1.29, 1.82) is 0 Å². The molecule has 2 heterocycles. The van der Waals surface area contributed by atoms with E-state index in [4.69, 9.17) is 19.4 Å². The van der Waals surface area contributed by atoms with Crippen molar-refractivity contribution in [3.63, 3.8) is 0 Å². The molecule has 8 heteroatoms. The van der Waals surface area contributed by atoms with Crippen LogP contribution in [0.5, 0.6) is 11.5 Å². The number of benzene rings is 1. The number of piperidine rings is 1. The molecule has 0 unspecified atom stereocenters. The van der Waals surface area contributed by atoms with Gasteiger partial charge in [0, 0.05) is 24.0 Å². The van der Waals surface area contributed by atoms with Crippen LogP contribution in [0.2, 0.25) is 0 Å². The Morgan fingerprint density at radius 1 is 1.11 bits per heavy atom. The van der Waals surface area contributed by atoms with Crippen LogP contribution in [0.3, 0.4) is 0 Å². The van der Waals surface area contributed by atoms with Gasteiger partial charge < -0.3 is 30.3 Å². The third-order valence-corrected chi connectivity index (χ3v) is 4.95. The van der Waals surface area contributed by atoms with Crippen molar-refractivity contribution in [3.05, 3.63) is 12.1 Å². The minimum atomic E-state index is 0.397. The van der Waals surface area contributed by atoms with Gasteiger partial charge in [-0.05, 0) is 59.1 Å². The van der Waals surface area contributed by atoms with Gasteiger partial charge in [-0.25, -0.2) is 4.98 Å². The van der Waals surface area contributed by atoms with Crippen LogP contribution in [0.1, 0.15) is 19.3 Å². The maximum Gasteiger partial charge on any atom is 0.225 e. The first-order valence-corrected chi connectivity index (χ1v) is 9.90. The van der Waals surface area contributed by atoms with Crippen LogP contribution in [0.25, 0.3) is 10.9 Å². The zero-order chi connectivity index (χ0) is 19.9. The van der Waals surface area contributed by atoms with Gasteiger partial charge in [0.15, 0.2) is 11.5 Å². The lowest BCUT2D eigenvalue weighted by molar-refractivity contribution is 0.356. The van der Waals surface area contributed by atoms with E-state index in [0.717, 1.165) is 62.2 Å². The second-order valence-electron chi connectivity index (χ2n) is 7.37. The summed E-state index contributed by atoms with van der Waals surface area (Å²) in [5.74, 6) is 2.82. The quantitative estimate of drug-likeness (QED) is 0.564. The number of rotatable bonds is 9. The number of nitrogens with one attached hydrogen (secondary N) is 3. The number of anilines is 2. The Morgan fingerprint density at radius 3 is 2.50 bits per heavy atom. The van der Waals surface area contributed by atoms with E-state index in [-0.39, 0.29) is 0 Å². The summed E-state index contributed by atoms with van der Waals surface area (Å²) in [5, 5.41) is 11.3. The second-order valence-corrected chi connectivity index (χ2v) is 7.37. The molecule has 0 spiro atoms. The molecule has 1 fully saturated rings. The highest BCUT2D eigenvalue weighted by Gasteiger charge is 2.18. The Balaban J connectivity index is 1.90. The molecule has 0 saturated carbocycles. The van der Waals surface area contributed by atoms with Gasteiger partial charge in [0.2, 0.25) is 5.95 Å². The maximum atomic E-state index is 5.48. The lowest BCUT2D eigenvalue weighted by Gasteiger charge is -2.25. The third-order valence-electron chi connectivity index (χ3n) is 4.95. The smallest absolute Gasteiger partial charge is 0.225 e. The lowest BCUT2D eigenvalue weighted by atomic mass is 10.1. The zero-order valence-electron chi connectivity index (χ0n) is 17.3. The third kappa shape index (κ3) is 5.14. The van der Waals surface area contributed by atoms with Gasteiger partial charge >= 0.3 is 0 Å². The van der Waals surface area contributed by atoms with E-state index in [2.05, 4.69) is 34.9 Å². The molecule has 8 nitrogen and oxygen atoms in total. The number of hydrogen-bond donors (Lipinski definition) is 3. The van der Waals surface area contributed by atoms with E-state index in [1.54, 1.807) is 14.2 Å². The standard InChI is InChI=1S/C20H32N6O2/c1-26(2)11-5-8-22-20-24-16-13-18(28-4)17(27-3)12-15(16)19(25-20)23-14-6-9-21-10-7-14/h12-14,21H,5-11H2,1-4H3,(H2,22,23,24,25). The van der Waals surface area contributed by atoms with Crippen molar-refractivity contribution in [2.24, 2.45) is 0 Å². The number of methoxy groups -OCH3 is 2. The molecule has 1 saturated heterocycles. The van der Waals surface area contributed by atoms with Gasteiger partial charge in [-0.15, -0.1) is 0 Å². The van der Waals surface area contributed by atoms with Gasteiger partial charge in [0.05, 0.1) is 19.7 Å². The summed E-state index contributed by atoms with van der Waals surface area (Å²) in [4.78, 5) is 11.7. The minimum Gasteiger partial charge on any atom is -0.493 e. The van der Waals surface area contributed by atoms with Crippen LogP contribution in [0.4, 0.5) is 11.8 Å². The molecule has 28 heavy (non-hydrogen) atoms. The van der Waals surface area contributed by atoms with E-state index < -0.39 is 0 Å². The summed E-state index contributed by atoms with van der Waals surface area (Å²) in [6.45, 7) is 3.89. The van der Waals surface area contributed by atoms with Gasteiger partial charge in [-0.3, -0.25) is 0 Å². The Morgan fingerprint density at radius 2 is 1.82 bits per heavy atom. The molecule has 1 aliphatic rings. The van der Waals surface area contributed by atoms with E-state index >= 15 is 0 Å². The lowest BCUT2D eigenvalue weighted by Crippen LogP contribution is -2.35. The topological polar surface area (TPSA) is 83.6 Å². The fraction of sp³-hybridized carbons (Fsp3) is 0.600. The molecular weight excluding hydrogens is 356 g/mol. The fourth-order valence-corrected chi connectivity index (χ4v) is 3.40. The Hall–Kier alpha value is -2.32. The van der Waals surface area contributed by atoms with Crippen molar-refractivity contribution in [2.45, 2.75) is 25.3 Å². The molecule has 1 aromatic carbocycles. The summed E-state index contributed by atoms with van der Waals surface area (Å²) in [6.07, 6.45) is 3.17. The molecule has 3 rings (SSSR count). The minimum absolute atomic E-state index is 0.397. The van der Waals surface area contributed by atoms with E-state index in [1.165, 1.54) is 0 Å². The van der Waals surface area contributed by atoms with E-state index in [9.17, 15) is 0 Å². The van der Waals surface area contributed by atoms with Crippen molar-refractivity contribution >= 4 is 22.7 Å². The summed E-state index contributed by atoms with van der Waals surface area (Å²) < 4.78 is 10.9. The second kappa shape index (κ2) is 9.75. The number of aromatic nitrogens is 2. The first-order chi connectivity index (χ1) is 13.6.